The van der Waals surface area contributed by atoms with Gasteiger partial charge < -0.3 is 30.9 Å². The van der Waals surface area contributed by atoms with Crippen molar-refractivity contribution in [2.75, 3.05) is 31.7 Å². The molecule has 0 unspecified atom stereocenters. The van der Waals surface area contributed by atoms with Crippen LogP contribution in [-0.4, -0.2) is 89.8 Å². The summed E-state index contributed by atoms with van der Waals surface area (Å²) in [6.07, 6.45) is -0.0806. The van der Waals surface area contributed by atoms with Crippen LogP contribution in [-0.2, 0) is 30.8 Å². The maximum absolute atomic E-state index is 13.9. The smallest absolute Gasteiger partial charge is 0.255 e. The first-order valence-electron chi connectivity index (χ1n) is 12.6. The zero-order valence-corrected chi connectivity index (χ0v) is 23.5. The van der Waals surface area contributed by atoms with Gasteiger partial charge in [-0.3, -0.25) is 24.0 Å². The molecule has 0 radical (unpaired) electrons. The third-order valence-corrected chi connectivity index (χ3v) is 9.35. The Kier molecular flexibility index (Phi) is 7.18. The van der Waals surface area contributed by atoms with Gasteiger partial charge in [-0.2, -0.15) is 0 Å². The molecule has 1 fully saturated rings. The van der Waals surface area contributed by atoms with Crippen molar-refractivity contribution in [3.63, 3.8) is 0 Å². The van der Waals surface area contributed by atoms with E-state index in [0.717, 1.165) is 0 Å². The summed E-state index contributed by atoms with van der Waals surface area (Å²) in [5.41, 5.74) is 0.984. The molecule has 1 saturated carbocycles. The van der Waals surface area contributed by atoms with E-state index in [2.05, 4.69) is 4.72 Å². The van der Waals surface area contributed by atoms with Crippen LogP contribution in [0.2, 0.25) is 0 Å². The van der Waals surface area contributed by atoms with E-state index >= 15 is 0 Å². The lowest BCUT2D eigenvalue weighted by atomic mass is 9.57. The second kappa shape index (κ2) is 9.78. The van der Waals surface area contributed by atoms with Gasteiger partial charge in [0.15, 0.2) is 17.1 Å². The van der Waals surface area contributed by atoms with Gasteiger partial charge in [-0.15, -0.1) is 0 Å². The highest BCUT2D eigenvalue weighted by Gasteiger charge is 2.64. The Morgan fingerprint density at radius 3 is 2.40 bits per heavy atom. The lowest BCUT2D eigenvalue weighted by Gasteiger charge is -2.50. The number of aliphatic hydroxyl groups excluding tert-OH is 2. The number of fused-ring (bicyclic) bond motifs is 3. The minimum atomic E-state index is -3.92. The van der Waals surface area contributed by atoms with Crippen molar-refractivity contribution in [1.82, 2.24) is 4.90 Å². The Labute approximate surface area is 231 Å². The number of aromatic hydroxyl groups is 1. The highest BCUT2D eigenvalue weighted by molar-refractivity contribution is 7.92. The van der Waals surface area contributed by atoms with Crippen molar-refractivity contribution in [2.45, 2.75) is 38.3 Å². The summed E-state index contributed by atoms with van der Waals surface area (Å²) in [6.45, 7) is 3.39. The number of ether oxygens (including phenoxy) is 1. The van der Waals surface area contributed by atoms with Crippen LogP contribution in [0.5, 0.6) is 11.5 Å². The van der Waals surface area contributed by atoms with Crippen LogP contribution >= 0.6 is 0 Å². The molecule has 0 saturated heterocycles. The lowest BCUT2D eigenvalue weighted by molar-refractivity contribution is -0.153. The number of amides is 1. The Morgan fingerprint density at radius 2 is 1.88 bits per heavy atom. The van der Waals surface area contributed by atoms with E-state index in [1.54, 1.807) is 13.8 Å². The van der Waals surface area contributed by atoms with Gasteiger partial charge in [-0.1, -0.05) is 13.8 Å². The molecular formula is C26H33N3O10S. The number of carbonyl (C=O) groups excluding carboxylic acids is 3. The van der Waals surface area contributed by atoms with E-state index in [1.807, 2.05) is 0 Å². The number of phenols is 1. The predicted molar refractivity (Wildman–Crippen MR) is 143 cm³/mol. The molecule has 4 atom stereocenters. The number of sulfonamides is 1. The van der Waals surface area contributed by atoms with Crippen LogP contribution in [0.3, 0.4) is 0 Å². The number of nitrogens with zero attached hydrogens (tertiary/aromatic N) is 1. The van der Waals surface area contributed by atoms with Crippen molar-refractivity contribution >= 4 is 38.9 Å². The minimum absolute atomic E-state index is 0.00426. The highest BCUT2D eigenvalue weighted by atomic mass is 32.2. The fourth-order valence-electron chi connectivity index (χ4n) is 6.19. The van der Waals surface area contributed by atoms with Gasteiger partial charge in [0.25, 0.3) is 5.91 Å². The molecule has 14 heteroatoms. The van der Waals surface area contributed by atoms with E-state index in [9.17, 15) is 43.2 Å². The molecule has 7 N–H and O–H groups in total. The van der Waals surface area contributed by atoms with Crippen molar-refractivity contribution in [2.24, 2.45) is 23.5 Å². The number of hydrogen-bond acceptors (Lipinski definition) is 11. The van der Waals surface area contributed by atoms with Crippen LogP contribution in [0.15, 0.2) is 23.0 Å². The van der Waals surface area contributed by atoms with Gasteiger partial charge in [-0.25, -0.2) is 8.42 Å². The maximum atomic E-state index is 13.9. The summed E-state index contributed by atoms with van der Waals surface area (Å²) in [5, 5.41) is 45.1. The number of methoxy groups -OCH3 is 1. The number of nitrogens with two attached hydrogens (primary N) is 1. The number of carbonyl (C=O) groups is 3. The van der Waals surface area contributed by atoms with Crippen molar-refractivity contribution in [1.29, 1.82) is 0 Å². The number of aliphatic hydroxyl groups is 3. The summed E-state index contributed by atoms with van der Waals surface area (Å²) in [7, 11) is 0.420. The van der Waals surface area contributed by atoms with Crippen LogP contribution in [0.4, 0.5) is 5.69 Å². The van der Waals surface area contributed by atoms with Gasteiger partial charge in [0.1, 0.15) is 22.8 Å². The van der Waals surface area contributed by atoms with E-state index in [0.29, 0.717) is 0 Å². The molecule has 13 nitrogen and oxygen atoms in total. The third kappa shape index (κ3) is 4.30. The molecule has 1 aromatic carbocycles. The first kappa shape index (κ1) is 29.4. The van der Waals surface area contributed by atoms with Crippen LogP contribution in [0.25, 0.3) is 5.76 Å². The van der Waals surface area contributed by atoms with E-state index in [1.165, 1.54) is 32.2 Å². The SMILES string of the molecule is COc1cc(NS(=O)(=O)CC(C)C)c(O)c2c1C[C@H]1C[C@H]3[C@H](N(C)C)C(=O)C(C(N)=O)=C(O)[C@@]3(O)C(=O)C1=C2O. The number of likely N-dealkylation sites (N-methyl/N-ethyl adjacent to an activating group) is 1. The van der Waals surface area contributed by atoms with E-state index in [4.69, 9.17) is 10.5 Å². The molecule has 3 aliphatic carbocycles. The summed E-state index contributed by atoms with van der Waals surface area (Å²) >= 11 is 0. The van der Waals surface area contributed by atoms with Gasteiger partial charge in [0, 0.05) is 23.1 Å². The number of anilines is 1. The van der Waals surface area contributed by atoms with E-state index in [-0.39, 0.29) is 52.6 Å². The normalized spacial score (nSPS) is 26.6. The molecular weight excluding hydrogens is 546 g/mol. The van der Waals surface area contributed by atoms with Crippen LogP contribution in [0, 0.1) is 17.8 Å². The molecule has 3 aliphatic rings. The van der Waals surface area contributed by atoms with Gasteiger partial charge >= 0.3 is 0 Å². The molecule has 0 bridgehead atoms. The topological polar surface area (TPSA) is 217 Å². The standard InChI is InChI=1S/C26H33N3O10S/c1-10(2)9-40(37,38)28-14-8-15(39-5)12-6-11-7-13-19(29(3)4)22(32)18(25(27)35)24(34)26(13,36)23(33)16(11)21(31)17(12)20(14)30/h8,10-11,13,19,28,30-31,34,36H,6-7,9H2,1-5H3,(H2,27,35)/t11-,13-,19-,26-/m0/s1. The molecule has 40 heavy (non-hydrogen) atoms. The summed E-state index contributed by atoms with van der Waals surface area (Å²) < 4.78 is 32.9. The average molecular weight is 580 g/mol. The summed E-state index contributed by atoms with van der Waals surface area (Å²) in [4.78, 5) is 40.6. The number of benzene rings is 1. The Bertz CT molecular complexity index is 1490. The fraction of sp³-hybridized carbons (Fsp3) is 0.500. The number of ketones is 2. The van der Waals surface area contributed by atoms with Crippen molar-refractivity contribution in [3.05, 3.63) is 34.1 Å². The number of nitrogens with one attached hydrogen (secondary N) is 1. The molecule has 1 aromatic rings. The molecule has 0 aliphatic heterocycles. The molecule has 218 valence electrons. The summed E-state index contributed by atoms with van der Waals surface area (Å²) in [6, 6.07) is 0.0663. The zero-order chi connectivity index (χ0) is 30.1. The number of hydrogen-bond donors (Lipinski definition) is 6. The molecule has 0 spiro atoms. The second-order valence-electron chi connectivity index (χ2n) is 11.1. The van der Waals surface area contributed by atoms with Gasteiger partial charge in [0.2, 0.25) is 15.8 Å². The number of Topliss-reactive ketones (excluding diaryl/α,β-unsaturated/α-hetero) is 2. The number of phenolic OH excluding ortho intramolecular Hbond substituents is 1. The van der Waals surface area contributed by atoms with Gasteiger partial charge in [0.05, 0.1) is 30.2 Å². The largest absolute Gasteiger partial charge is 0.508 e. The zero-order valence-electron chi connectivity index (χ0n) is 22.7. The Morgan fingerprint density at radius 1 is 1.25 bits per heavy atom. The lowest BCUT2D eigenvalue weighted by Crippen LogP contribution is -2.65. The molecule has 0 heterocycles. The van der Waals surface area contributed by atoms with Crippen molar-refractivity contribution < 1.29 is 48.0 Å². The third-order valence-electron chi connectivity index (χ3n) is 7.72. The number of rotatable bonds is 7. The Balaban J connectivity index is 1.94. The highest BCUT2D eigenvalue weighted by Crippen LogP contribution is 2.54. The van der Waals surface area contributed by atoms with Crippen LogP contribution in [0.1, 0.15) is 31.4 Å². The van der Waals surface area contributed by atoms with Crippen molar-refractivity contribution in [3.8, 4) is 11.5 Å². The maximum Gasteiger partial charge on any atom is 0.255 e. The second-order valence-corrected chi connectivity index (χ2v) is 12.8. The first-order valence-corrected chi connectivity index (χ1v) is 14.2. The fourth-order valence-corrected chi connectivity index (χ4v) is 7.64. The average Bonchev–Trinajstić information content (AvgIpc) is 2.81. The van der Waals surface area contributed by atoms with Crippen LogP contribution < -0.4 is 15.2 Å². The number of primary amides is 1. The monoisotopic (exact) mass is 579 g/mol. The molecule has 1 amide bonds. The van der Waals surface area contributed by atoms with Gasteiger partial charge in [-0.05, 0) is 38.8 Å². The van der Waals surface area contributed by atoms with E-state index < -0.39 is 73.8 Å². The quantitative estimate of drug-likeness (QED) is 0.191. The first-order chi connectivity index (χ1) is 18.5. The predicted octanol–water partition coefficient (Wildman–Crippen LogP) is 0.370. The molecule has 0 aromatic heterocycles. The summed E-state index contributed by atoms with van der Waals surface area (Å²) in [5.74, 6) is -8.34. The Hall–Kier alpha value is -3.62. The molecule has 4 rings (SSSR count). The minimum Gasteiger partial charge on any atom is -0.508 e.